The molecule has 19 heavy (non-hydrogen) atoms. The molecule has 1 aliphatic rings. The van der Waals surface area contributed by atoms with Gasteiger partial charge in [0.1, 0.15) is 0 Å². The molecule has 1 saturated heterocycles. The second-order valence-electron chi connectivity index (χ2n) is 6.16. The molecule has 0 aromatic carbocycles. The van der Waals surface area contributed by atoms with Crippen molar-refractivity contribution in [1.29, 1.82) is 0 Å². The van der Waals surface area contributed by atoms with Crippen molar-refractivity contribution < 1.29 is 4.74 Å². The molecule has 2 N–H and O–H groups in total. The van der Waals surface area contributed by atoms with E-state index < -0.39 is 0 Å². The SMILES string of the molecule is CCC(C(N)=S)N1CCN(CCOC(C)(C)C)CC1. The van der Waals surface area contributed by atoms with Gasteiger partial charge in [0, 0.05) is 32.7 Å². The summed E-state index contributed by atoms with van der Waals surface area (Å²) in [5.74, 6) is 0. The van der Waals surface area contributed by atoms with Crippen LogP contribution in [0.5, 0.6) is 0 Å². The lowest BCUT2D eigenvalue weighted by molar-refractivity contribution is -0.0184. The first-order valence-corrected chi connectivity index (χ1v) is 7.64. The second kappa shape index (κ2) is 7.53. The van der Waals surface area contributed by atoms with Crippen LogP contribution < -0.4 is 5.73 Å². The minimum atomic E-state index is -0.0408. The predicted octanol–water partition coefficient (Wildman–Crippen LogP) is 1.48. The van der Waals surface area contributed by atoms with Crippen molar-refractivity contribution in [2.24, 2.45) is 5.73 Å². The highest BCUT2D eigenvalue weighted by Gasteiger charge is 2.24. The zero-order valence-corrected chi connectivity index (χ0v) is 13.6. The van der Waals surface area contributed by atoms with Gasteiger partial charge in [-0.25, -0.2) is 0 Å². The highest BCUT2D eigenvalue weighted by molar-refractivity contribution is 7.80. The van der Waals surface area contributed by atoms with Crippen molar-refractivity contribution in [1.82, 2.24) is 9.80 Å². The molecular formula is C14H29N3OS. The van der Waals surface area contributed by atoms with Crippen LogP contribution in [0, 0.1) is 0 Å². The molecule has 1 aliphatic heterocycles. The highest BCUT2D eigenvalue weighted by Crippen LogP contribution is 2.11. The van der Waals surface area contributed by atoms with Crippen molar-refractivity contribution in [3.63, 3.8) is 0 Å². The van der Waals surface area contributed by atoms with E-state index >= 15 is 0 Å². The van der Waals surface area contributed by atoms with Gasteiger partial charge in [0.05, 0.1) is 23.2 Å². The van der Waals surface area contributed by atoms with Gasteiger partial charge >= 0.3 is 0 Å². The summed E-state index contributed by atoms with van der Waals surface area (Å²) in [6.07, 6.45) is 1.00. The Morgan fingerprint density at radius 3 is 2.26 bits per heavy atom. The normalized spacial score (nSPS) is 20.4. The third kappa shape index (κ3) is 6.17. The van der Waals surface area contributed by atoms with Crippen molar-refractivity contribution in [2.45, 2.75) is 45.8 Å². The minimum Gasteiger partial charge on any atom is -0.392 e. The van der Waals surface area contributed by atoms with Crippen LogP contribution >= 0.6 is 12.2 Å². The second-order valence-corrected chi connectivity index (χ2v) is 6.64. The Balaban J connectivity index is 2.27. The third-order valence-electron chi connectivity index (χ3n) is 3.51. The van der Waals surface area contributed by atoms with Crippen LogP contribution in [0.1, 0.15) is 34.1 Å². The monoisotopic (exact) mass is 287 g/mol. The molecule has 0 aliphatic carbocycles. The van der Waals surface area contributed by atoms with E-state index in [2.05, 4.69) is 37.5 Å². The van der Waals surface area contributed by atoms with Gasteiger partial charge in [0.15, 0.2) is 0 Å². The Kier molecular flexibility index (Phi) is 6.66. The molecule has 0 saturated carbocycles. The molecule has 4 nitrogen and oxygen atoms in total. The molecular weight excluding hydrogens is 258 g/mol. The van der Waals surface area contributed by atoms with E-state index in [-0.39, 0.29) is 11.6 Å². The van der Waals surface area contributed by atoms with Crippen molar-refractivity contribution in [3.8, 4) is 0 Å². The summed E-state index contributed by atoms with van der Waals surface area (Å²) in [5, 5.41) is 0. The summed E-state index contributed by atoms with van der Waals surface area (Å²) in [5.41, 5.74) is 5.76. The largest absolute Gasteiger partial charge is 0.392 e. The van der Waals surface area contributed by atoms with Gasteiger partial charge < -0.3 is 10.5 Å². The summed E-state index contributed by atoms with van der Waals surface area (Å²) in [6, 6.07) is 0.267. The summed E-state index contributed by atoms with van der Waals surface area (Å²) in [4.78, 5) is 5.49. The van der Waals surface area contributed by atoms with Gasteiger partial charge in [-0.1, -0.05) is 19.1 Å². The first-order chi connectivity index (χ1) is 8.83. The fourth-order valence-corrected chi connectivity index (χ4v) is 2.73. The molecule has 0 spiro atoms. The quantitative estimate of drug-likeness (QED) is 0.750. The standard InChI is InChI=1S/C14H29N3OS/c1-5-12(13(15)19)17-8-6-16(7-9-17)10-11-18-14(2,3)4/h12H,5-11H2,1-4H3,(H2,15,19). The van der Waals surface area contributed by atoms with E-state index in [1.165, 1.54) is 0 Å². The molecule has 0 aromatic rings. The predicted molar refractivity (Wildman–Crippen MR) is 84.6 cm³/mol. The molecule has 112 valence electrons. The Morgan fingerprint density at radius 2 is 1.84 bits per heavy atom. The van der Waals surface area contributed by atoms with E-state index in [1.54, 1.807) is 0 Å². The molecule has 1 rings (SSSR count). The van der Waals surface area contributed by atoms with Crippen LogP contribution in [-0.2, 0) is 4.74 Å². The number of piperazine rings is 1. The van der Waals surface area contributed by atoms with Gasteiger partial charge in [0.25, 0.3) is 0 Å². The molecule has 0 aromatic heterocycles. The fourth-order valence-electron chi connectivity index (χ4n) is 2.42. The molecule has 1 heterocycles. The molecule has 1 atom stereocenters. The molecule has 0 bridgehead atoms. The van der Waals surface area contributed by atoms with Gasteiger partial charge in [-0.3, -0.25) is 9.80 Å². The maximum absolute atomic E-state index is 5.80. The third-order valence-corrected chi connectivity index (χ3v) is 3.78. The maximum atomic E-state index is 5.80. The average Bonchev–Trinajstić information content (AvgIpc) is 2.30. The van der Waals surface area contributed by atoms with Crippen LogP contribution in [0.3, 0.4) is 0 Å². The zero-order chi connectivity index (χ0) is 14.5. The van der Waals surface area contributed by atoms with Crippen molar-refractivity contribution in [2.75, 3.05) is 39.3 Å². The first-order valence-electron chi connectivity index (χ1n) is 7.23. The molecule has 5 heteroatoms. The summed E-state index contributed by atoms with van der Waals surface area (Å²) in [6.45, 7) is 14.5. The zero-order valence-electron chi connectivity index (χ0n) is 12.8. The lowest BCUT2D eigenvalue weighted by Crippen LogP contribution is -2.54. The Bertz CT molecular complexity index is 283. The number of hydrogen-bond donors (Lipinski definition) is 1. The van der Waals surface area contributed by atoms with Gasteiger partial charge in [-0.05, 0) is 27.2 Å². The van der Waals surface area contributed by atoms with Gasteiger partial charge in [-0.15, -0.1) is 0 Å². The van der Waals surface area contributed by atoms with E-state index in [9.17, 15) is 0 Å². The van der Waals surface area contributed by atoms with Crippen LogP contribution in [-0.4, -0.2) is 65.8 Å². The van der Waals surface area contributed by atoms with Crippen LogP contribution in [0.4, 0.5) is 0 Å². The minimum absolute atomic E-state index is 0.0408. The number of thiocarbonyl (C=S) groups is 1. The smallest absolute Gasteiger partial charge is 0.0901 e. The number of rotatable bonds is 6. The van der Waals surface area contributed by atoms with Gasteiger partial charge in [0.2, 0.25) is 0 Å². The fraction of sp³-hybridized carbons (Fsp3) is 0.929. The summed E-state index contributed by atoms with van der Waals surface area (Å²) < 4.78 is 5.77. The van der Waals surface area contributed by atoms with E-state index in [0.717, 1.165) is 45.8 Å². The van der Waals surface area contributed by atoms with Gasteiger partial charge in [-0.2, -0.15) is 0 Å². The van der Waals surface area contributed by atoms with E-state index in [1.807, 2.05) is 0 Å². The summed E-state index contributed by atoms with van der Waals surface area (Å²) in [7, 11) is 0. The average molecular weight is 287 g/mol. The van der Waals surface area contributed by atoms with Crippen LogP contribution in [0.15, 0.2) is 0 Å². The topological polar surface area (TPSA) is 41.7 Å². The number of nitrogens with two attached hydrogens (primary N) is 1. The molecule has 0 radical (unpaired) electrons. The summed E-state index contributed by atoms with van der Waals surface area (Å²) >= 11 is 5.14. The Hall–Kier alpha value is -0.230. The van der Waals surface area contributed by atoms with Crippen LogP contribution in [0.2, 0.25) is 0 Å². The number of nitrogens with zero attached hydrogens (tertiary/aromatic N) is 2. The van der Waals surface area contributed by atoms with Crippen LogP contribution in [0.25, 0.3) is 0 Å². The molecule has 0 amide bonds. The molecule has 1 fully saturated rings. The lowest BCUT2D eigenvalue weighted by Gasteiger charge is -2.38. The Morgan fingerprint density at radius 1 is 1.26 bits per heavy atom. The van der Waals surface area contributed by atoms with Crippen molar-refractivity contribution >= 4 is 17.2 Å². The highest BCUT2D eigenvalue weighted by atomic mass is 32.1. The first kappa shape index (κ1) is 16.8. The van der Waals surface area contributed by atoms with Crippen molar-refractivity contribution in [3.05, 3.63) is 0 Å². The maximum Gasteiger partial charge on any atom is 0.0901 e. The number of ether oxygens (including phenoxy) is 1. The molecule has 1 unspecified atom stereocenters. The van der Waals surface area contributed by atoms with E-state index in [0.29, 0.717) is 4.99 Å². The Labute approximate surface area is 123 Å². The van der Waals surface area contributed by atoms with E-state index in [4.69, 9.17) is 22.7 Å². The number of hydrogen-bond acceptors (Lipinski definition) is 4. The lowest BCUT2D eigenvalue weighted by atomic mass is 10.1.